The molecular weight excluding hydrogens is 352 g/mol. The van der Waals surface area contributed by atoms with E-state index in [2.05, 4.69) is 0 Å². The van der Waals surface area contributed by atoms with E-state index < -0.39 is 21.3 Å². The third-order valence-corrected chi connectivity index (χ3v) is 6.20. The van der Waals surface area contributed by atoms with Crippen molar-refractivity contribution < 1.29 is 22.1 Å². The van der Waals surface area contributed by atoms with Crippen LogP contribution in [-0.4, -0.2) is 19.6 Å². The summed E-state index contributed by atoms with van der Waals surface area (Å²) in [6, 6.07) is 13.3. The molecule has 1 fully saturated rings. The Morgan fingerprint density at radius 2 is 1.62 bits per heavy atom. The molecule has 0 spiro atoms. The maximum atomic E-state index is 12.6. The fourth-order valence-electron chi connectivity index (χ4n) is 3.02. The Morgan fingerprint density at radius 1 is 0.962 bits per heavy atom. The van der Waals surface area contributed by atoms with Gasteiger partial charge in [-0.15, -0.1) is 0 Å². The predicted octanol–water partition coefficient (Wildman–Crippen LogP) is 4.26. The number of carbonyl (C=O) groups is 1. The molecule has 0 aromatic heterocycles. The van der Waals surface area contributed by atoms with Crippen LogP contribution >= 0.6 is 0 Å². The first-order valence-electron chi connectivity index (χ1n) is 8.77. The van der Waals surface area contributed by atoms with Gasteiger partial charge in [-0.1, -0.05) is 49.1 Å². The zero-order valence-electron chi connectivity index (χ0n) is 14.7. The largest absolute Gasteiger partial charge is 0.423 e. The van der Waals surface area contributed by atoms with Gasteiger partial charge in [0, 0.05) is 0 Å². The Balaban J connectivity index is 1.79. The van der Waals surface area contributed by atoms with Crippen molar-refractivity contribution in [2.45, 2.75) is 44.3 Å². The quantitative estimate of drug-likeness (QED) is 0.444. The van der Waals surface area contributed by atoms with Gasteiger partial charge in [0.2, 0.25) is 0 Å². The molecule has 138 valence electrons. The van der Waals surface area contributed by atoms with Crippen molar-refractivity contribution >= 4 is 16.1 Å². The van der Waals surface area contributed by atoms with E-state index in [1.165, 1.54) is 12.1 Å². The van der Waals surface area contributed by atoms with Crippen molar-refractivity contribution in [3.05, 3.63) is 59.7 Å². The fraction of sp³-hybridized carbons (Fsp3) is 0.350. The summed E-state index contributed by atoms with van der Waals surface area (Å²) in [4.78, 5) is 12.5. The van der Waals surface area contributed by atoms with E-state index in [0.29, 0.717) is 18.6 Å². The molecule has 0 aliphatic heterocycles. The number of carbonyl (C=O) groups excluding carboxylic acids is 1. The standard InChI is InChI=1S/C20H22O5S/c1-15-11-13-16(14-12-15)24-20(21)18-9-5-6-10-19(18)25-26(22,23)17-7-3-2-4-8-17/h5-6,9-14,17H,2-4,7-8H2,1H3. The van der Waals surface area contributed by atoms with Crippen molar-refractivity contribution in [3.8, 4) is 11.5 Å². The van der Waals surface area contributed by atoms with Crippen LogP contribution in [0.15, 0.2) is 48.5 Å². The molecular formula is C20H22O5S. The minimum absolute atomic E-state index is 0.00943. The molecule has 0 radical (unpaired) electrons. The number of para-hydroxylation sites is 1. The summed E-state index contributed by atoms with van der Waals surface area (Å²) >= 11 is 0. The smallest absolute Gasteiger partial charge is 0.347 e. The number of aryl methyl sites for hydroxylation is 1. The highest BCUT2D eigenvalue weighted by atomic mass is 32.2. The molecule has 2 aromatic carbocycles. The van der Waals surface area contributed by atoms with Gasteiger partial charge in [0.05, 0.1) is 5.25 Å². The number of rotatable bonds is 5. The maximum absolute atomic E-state index is 12.6. The van der Waals surface area contributed by atoms with E-state index in [0.717, 1.165) is 24.8 Å². The summed E-state index contributed by atoms with van der Waals surface area (Å²) in [5, 5.41) is -0.516. The molecule has 3 rings (SSSR count). The van der Waals surface area contributed by atoms with Crippen molar-refractivity contribution in [1.82, 2.24) is 0 Å². The molecule has 26 heavy (non-hydrogen) atoms. The first-order valence-corrected chi connectivity index (χ1v) is 10.2. The van der Waals surface area contributed by atoms with E-state index in [4.69, 9.17) is 8.92 Å². The van der Waals surface area contributed by atoms with E-state index in [-0.39, 0.29) is 11.3 Å². The van der Waals surface area contributed by atoms with Crippen LogP contribution < -0.4 is 8.92 Å². The van der Waals surface area contributed by atoms with Crippen LogP contribution in [0.4, 0.5) is 0 Å². The molecule has 2 aromatic rings. The second kappa shape index (κ2) is 7.91. The number of esters is 1. The van der Waals surface area contributed by atoms with Crippen LogP contribution in [0.1, 0.15) is 48.0 Å². The number of hydrogen-bond acceptors (Lipinski definition) is 5. The molecule has 0 bridgehead atoms. The molecule has 0 saturated heterocycles. The van der Waals surface area contributed by atoms with Crippen LogP contribution in [0.3, 0.4) is 0 Å². The lowest BCUT2D eigenvalue weighted by molar-refractivity contribution is 0.0733. The van der Waals surface area contributed by atoms with Gasteiger partial charge in [-0.25, -0.2) is 4.79 Å². The van der Waals surface area contributed by atoms with E-state index in [1.54, 1.807) is 24.3 Å². The molecule has 5 nitrogen and oxygen atoms in total. The van der Waals surface area contributed by atoms with Crippen molar-refractivity contribution in [3.63, 3.8) is 0 Å². The highest BCUT2D eigenvalue weighted by Gasteiger charge is 2.30. The maximum Gasteiger partial charge on any atom is 0.347 e. The molecule has 0 atom stereocenters. The fourth-order valence-corrected chi connectivity index (χ4v) is 4.47. The van der Waals surface area contributed by atoms with Crippen molar-refractivity contribution in [2.24, 2.45) is 0 Å². The zero-order valence-corrected chi connectivity index (χ0v) is 15.5. The molecule has 1 aliphatic carbocycles. The molecule has 1 aliphatic rings. The second-order valence-electron chi connectivity index (χ2n) is 6.53. The molecule has 0 heterocycles. The van der Waals surface area contributed by atoms with Gasteiger partial charge in [-0.05, 0) is 44.0 Å². The summed E-state index contributed by atoms with van der Waals surface area (Å²) in [5.74, 6) is -0.246. The van der Waals surface area contributed by atoms with Crippen LogP contribution in [-0.2, 0) is 10.1 Å². The van der Waals surface area contributed by atoms with Crippen molar-refractivity contribution in [1.29, 1.82) is 0 Å². The Bertz CT molecular complexity index is 865. The summed E-state index contributed by atoms with van der Waals surface area (Å²) in [5.41, 5.74) is 1.14. The average molecular weight is 374 g/mol. The van der Waals surface area contributed by atoms with Gasteiger partial charge < -0.3 is 8.92 Å². The Hall–Kier alpha value is -2.34. The molecule has 1 saturated carbocycles. The van der Waals surface area contributed by atoms with Crippen LogP contribution in [0, 0.1) is 6.92 Å². The lowest BCUT2D eigenvalue weighted by atomic mass is 10.0. The summed E-state index contributed by atoms with van der Waals surface area (Å²) in [6.07, 6.45) is 4.00. The second-order valence-corrected chi connectivity index (χ2v) is 8.35. The van der Waals surface area contributed by atoms with Crippen LogP contribution in [0.2, 0.25) is 0 Å². The number of benzene rings is 2. The van der Waals surface area contributed by atoms with E-state index in [1.807, 2.05) is 19.1 Å². The van der Waals surface area contributed by atoms with Gasteiger partial charge in [0.1, 0.15) is 11.3 Å². The molecule has 0 unspecified atom stereocenters. The average Bonchev–Trinajstić information content (AvgIpc) is 2.64. The topological polar surface area (TPSA) is 69.7 Å². The minimum Gasteiger partial charge on any atom is -0.423 e. The summed E-state index contributed by atoms with van der Waals surface area (Å²) in [6.45, 7) is 1.94. The van der Waals surface area contributed by atoms with Crippen molar-refractivity contribution in [2.75, 3.05) is 0 Å². The molecule has 0 N–H and O–H groups in total. The third kappa shape index (κ3) is 4.43. The predicted molar refractivity (Wildman–Crippen MR) is 99.0 cm³/mol. The Labute approximate surface area is 154 Å². The van der Waals surface area contributed by atoms with Gasteiger partial charge in [0.25, 0.3) is 0 Å². The van der Waals surface area contributed by atoms with Crippen LogP contribution in [0.5, 0.6) is 11.5 Å². The molecule has 0 amide bonds. The van der Waals surface area contributed by atoms with Gasteiger partial charge in [-0.2, -0.15) is 8.42 Å². The van der Waals surface area contributed by atoms with Gasteiger partial charge in [0.15, 0.2) is 5.75 Å². The minimum atomic E-state index is -3.78. The monoisotopic (exact) mass is 374 g/mol. The third-order valence-electron chi connectivity index (χ3n) is 4.50. The normalized spacial score (nSPS) is 15.4. The Kier molecular flexibility index (Phi) is 5.61. The number of hydrogen-bond donors (Lipinski definition) is 0. The molecule has 6 heteroatoms. The lowest BCUT2D eigenvalue weighted by Gasteiger charge is -2.22. The summed E-state index contributed by atoms with van der Waals surface area (Å²) in [7, 11) is -3.78. The Morgan fingerprint density at radius 3 is 2.31 bits per heavy atom. The lowest BCUT2D eigenvalue weighted by Crippen LogP contribution is -2.28. The number of ether oxygens (including phenoxy) is 1. The van der Waals surface area contributed by atoms with Crippen LogP contribution in [0.25, 0.3) is 0 Å². The van der Waals surface area contributed by atoms with Gasteiger partial charge in [-0.3, -0.25) is 0 Å². The van der Waals surface area contributed by atoms with E-state index in [9.17, 15) is 13.2 Å². The zero-order chi connectivity index (χ0) is 18.6. The highest BCUT2D eigenvalue weighted by molar-refractivity contribution is 7.87. The first kappa shape index (κ1) is 18.5. The first-order chi connectivity index (χ1) is 12.5. The highest BCUT2D eigenvalue weighted by Crippen LogP contribution is 2.28. The van der Waals surface area contributed by atoms with Gasteiger partial charge >= 0.3 is 16.1 Å². The van der Waals surface area contributed by atoms with E-state index >= 15 is 0 Å². The summed E-state index contributed by atoms with van der Waals surface area (Å²) < 4.78 is 35.8. The SMILES string of the molecule is Cc1ccc(OC(=O)c2ccccc2OS(=O)(=O)C2CCCCC2)cc1.